The van der Waals surface area contributed by atoms with Gasteiger partial charge < -0.3 is 15.0 Å². The average Bonchev–Trinajstić information content (AvgIpc) is 2.48. The number of likely N-dealkylation sites (tertiary alicyclic amines) is 1. The molecule has 0 saturated carbocycles. The predicted octanol–water partition coefficient (Wildman–Crippen LogP) is 1.54. The van der Waals surface area contributed by atoms with E-state index >= 15 is 0 Å². The normalized spacial score (nSPS) is 20.4. The van der Waals surface area contributed by atoms with Gasteiger partial charge in [0.2, 0.25) is 5.91 Å². The highest BCUT2D eigenvalue weighted by Crippen LogP contribution is 2.29. The summed E-state index contributed by atoms with van der Waals surface area (Å²) in [4.78, 5) is 27.7. The molecule has 8 heteroatoms. The monoisotopic (exact) mass is 313 g/mol. The summed E-state index contributed by atoms with van der Waals surface area (Å²) >= 11 is 0. The third-order valence-electron chi connectivity index (χ3n) is 3.55. The van der Waals surface area contributed by atoms with Crippen molar-refractivity contribution < 1.29 is 23.1 Å². The molecular formula is C14H17F2N3O3. The number of hydrogen-bond acceptors (Lipinski definition) is 5. The van der Waals surface area contributed by atoms with Crippen LogP contribution >= 0.6 is 0 Å². The highest BCUT2D eigenvalue weighted by molar-refractivity contribution is 5.90. The first-order valence-electron chi connectivity index (χ1n) is 6.77. The van der Waals surface area contributed by atoms with Gasteiger partial charge in [0.05, 0.1) is 25.3 Å². The number of rotatable bonds is 3. The average molecular weight is 313 g/mol. The number of nitrogens with one attached hydrogen (secondary N) is 1. The molecule has 0 aromatic carbocycles. The van der Waals surface area contributed by atoms with Crippen molar-refractivity contribution in [2.75, 3.05) is 25.5 Å². The maximum Gasteiger partial charge on any atom is 0.338 e. The maximum absolute atomic E-state index is 14.1. The zero-order valence-corrected chi connectivity index (χ0v) is 12.3. The standard InChI is InChI=1S/C14H17F2N3O3/c1-9(20)19-6-4-11(14(15,16)8-19)18-12-7-10(3-5-17-12)13(21)22-2/h3,5,7,11H,4,6,8H2,1-2H3,(H,17,18). The van der Waals surface area contributed by atoms with Crippen LogP contribution in [0, 0.1) is 0 Å². The van der Waals surface area contributed by atoms with E-state index in [1.807, 2.05) is 0 Å². The summed E-state index contributed by atoms with van der Waals surface area (Å²) in [5, 5.41) is 2.64. The molecule has 2 rings (SSSR count). The molecule has 1 unspecified atom stereocenters. The Balaban J connectivity index is 2.11. The molecule has 1 amide bonds. The quantitative estimate of drug-likeness (QED) is 0.857. The number of amides is 1. The zero-order chi connectivity index (χ0) is 16.3. The van der Waals surface area contributed by atoms with Crippen LogP contribution in [0.4, 0.5) is 14.6 Å². The number of esters is 1. The molecule has 0 bridgehead atoms. The van der Waals surface area contributed by atoms with Crippen molar-refractivity contribution in [2.24, 2.45) is 0 Å². The molecule has 0 radical (unpaired) electrons. The number of methoxy groups -OCH3 is 1. The number of piperidine rings is 1. The number of halogens is 2. The fourth-order valence-electron chi connectivity index (χ4n) is 2.32. The van der Waals surface area contributed by atoms with E-state index in [0.717, 1.165) is 4.90 Å². The van der Waals surface area contributed by atoms with Gasteiger partial charge in [-0.2, -0.15) is 0 Å². The third kappa shape index (κ3) is 3.49. The minimum Gasteiger partial charge on any atom is -0.465 e. The Hall–Kier alpha value is -2.25. The predicted molar refractivity (Wildman–Crippen MR) is 74.8 cm³/mol. The van der Waals surface area contributed by atoms with Crippen LogP contribution in [-0.2, 0) is 9.53 Å². The Labute approximate surface area is 126 Å². The van der Waals surface area contributed by atoms with Gasteiger partial charge in [-0.3, -0.25) is 4.79 Å². The van der Waals surface area contributed by atoms with Crippen molar-refractivity contribution in [3.05, 3.63) is 23.9 Å². The summed E-state index contributed by atoms with van der Waals surface area (Å²) in [6, 6.07) is 1.65. The Kier molecular flexibility index (Phi) is 4.58. The fraction of sp³-hybridized carbons (Fsp3) is 0.500. The minimum absolute atomic E-state index is 0.0940. The van der Waals surface area contributed by atoms with Crippen LogP contribution in [-0.4, -0.2) is 53.9 Å². The molecule has 1 saturated heterocycles. The molecule has 1 aliphatic heterocycles. The molecule has 22 heavy (non-hydrogen) atoms. The van der Waals surface area contributed by atoms with Crippen molar-refractivity contribution in [1.82, 2.24) is 9.88 Å². The van der Waals surface area contributed by atoms with E-state index < -0.39 is 24.5 Å². The summed E-state index contributed by atoms with van der Waals surface area (Å²) in [5.41, 5.74) is 0.226. The van der Waals surface area contributed by atoms with Gasteiger partial charge in [0.1, 0.15) is 5.82 Å². The number of nitrogens with zero attached hydrogens (tertiary/aromatic N) is 2. The van der Waals surface area contributed by atoms with Crippen molar-refractivity contribution >= 4 is 17.7 Å². The number of carbonyl (C=O) groups is 2. The lowest BCUT2D eigenvalue weighted by Gasteiger charge is -2.38. The first kappa shape index (κ1) is 16.1. The van der Waals surface area contributed by atoms with Gasteiger partial charge in [0.15, 0.2) is 0 Å². The molecule has 1 atom stereocenters. The van der Waals surface area contributed by atoms with Crippen molar-refractivity contribution in [2.45, 2.75) is 25.3 Å². The van der Waals surface area contributed by atoms with E-state index in [4.69, 9.17) is 0 Å². The van der Waals surface area contributed by atoms with Crippen LogP contribution in [0.2, 0.25) is 0 Å². The van der Waals surface area contributed by atoms with Crippen LogP contribution in [0.15, 0.2) is 18.3 Å². The minimum atomic E-state index is -3.08. The van der Waals surface area contributed by atoms with E-state index in [1.165, 1.54) is 32.4 Å². The van der Waals surface area contributed by atoms with Crippen LogP contribution in [0.5, 0.6) is 0 Å². The molecule has 1 aromatic rings. The first-order chi connectivity index (χ1) is 10.3. The maximum atomic E-state index is 14.1. The lowest BCUT2D eigenvalue weighted by molar-refractivity contribution is -0.140. The SMILES string of the molecule is COC(=O)c1ccnc(NC2CCN(C(C)=O)CC2(F)F)c1. The van der Waals surface area contributed by atoms with Crippen LogP contribution in [0.25, 0.3) is 0 Å². The van der Waals surface area contributed by atoms with Crippen LogP contribution < -0.4 is 5.32 Å². The Morgan fingerprint density at radius 2 is 2.23 bits per heavy atom. The number of ether oxygens (including phenoxy) is 1. The van der Waals surface area contributed by atoms with Gasteiger partial charge in [-0.15, -0.1) is 0 Å². The summed E-state index contributed by atoms with van der Waals surface area (Å²) in [6.07, 6.45) is 1.44. The molecular weight excluding hydrogens is 296 g/mol. The van der Waals surface area contributed by atoms with Crippen molar-refractivity contribution in [3.8, 4) is 0 Å². The van der Waals surface area contributed by atoms with E-state index in [9.17, 15) is 18.4 Å². The molecule has 120 valence electrons. The Bertz CT molecular complexity index is 580. The van der Waals surface area contributed by atoms with E-state index in [-0.39, 0.29) is 30.3 Å². The van der Waals surface area contributed by atoms with E-state index in [1.54, 1.807) is 0 Å². The van der Waals surface area contributed by atoms with Crippen molar-refractivity contribution in [1.29, 1.82) is 0 Å². The fourth-order valence-corrected chi connectivity index (χ4v) is 2.32. The first-order valence-corrected chi connectivity index (χ1v) is 6.77. The van der Waals surface area contributed by atoms with Gasteiger partial charge >= 0.3 is 5.97 Å². The lowest BCUT2D eigenvalue weighted by atomic mass is 10.0. The van der Waals surface area contributed by atoms with Crippen LogP contribution in [0.1, 0.15) is 23.7 Å². The van der Waals surface area contributed by atoms with Crippen LogP contribution in [0.3, 0.4) is 0 Å². The summed E-state index contributed by atoms with van der Waals surface area (Å²) in [6.45, 7) is 0.890. The Morgan fingerprint density at radius 3 is 2.82 bits per heavy atom. The molecule has 6 nitrogen and oxygen atoms in total. The topological polar surface area (TPSA) is 71.5 Å². The second kappa shape index (κ2) is 6.25. The van der Waals surface area contributed by atoms with E-state index in [2.05, 4.69) is 15.0 Å². The van der Waals surface area contributed by atoms with Gasteiger partial charge in [-0.05, 0) is 18.6 Å². The molecule has 0 aliphatic carbocycles. The number of alkyl halides is 2. The number of aromatic nitrogens is 1. The zero-order valence-electron chi connectivity index (χ0n) is 12.3. The Morgan fingerprint density at radius 1 is 1.50 bits per heavy atom. The number of hydrogen-bond donors (Lipinski definition) is 1. The van der Waals surface area contributed by atoms with Gasteiger partial charge in [0.25, 0.3) is 5.92 Å². The molecule has 1 aliphatic rings. The second-order valence-electron chi connectivity index (χ2n) is 5.11. The van der Waals surface area contributed by atoms with Gasteiger partial charge in [-0.1, -0.05) is 0 Å². The van der Waals surface area contributed by atoms with Gasteiger partial charge in [0, 0.05) is 19.7 Å². The van der Waals surface area contributed by atoms with Gasteiger partial charge in [-0.25, -0.2) is 18.6 Å². The highest BCUT2D eigenvalue weighted by Gasteiger charge is 2.45. The number of carbonyl (C=O) groups excluding carboxylic acids is 2. The molecule has 2 heterocycles. The molecule has 1 N–H and O–H groups in total. The smallest absolute Gasteiger partial charge is 0.338 e. The molecule has 1 fully saturated rings. The van der Waals surface area contributed by atoms with E-state index in [0.29, 0.717) is 0 Å². The highest BCUT2D eigenvalue weighted by atomic mass is 19.3. The lowest BCUT2D eigenvalue weighted by Crippen LogP contribution is -2.55. The second-order valence-corrected chi connectivity index (χ2v) is 5.11. The molecule has 1 aromatic heterocycles. The summed E-state index contributed by atoms with van der Waals surface area (Å²) < 4.78 is 32.8. The van der Waals surface area contributed by atoms with Crippen molar-refractivity contribution in [3.63, 3.8) is 0 Å². The summed E-state index contributed by atoms with van der Waals surface area (Å²) in [7, 11) is 1.24. The number of anilines is 1. The summed E-state index contributed by atoms with van der Waals surface area (Å²) in [5.74, 6) is -3.84. The number of pyridine rings is 1. The third-order valence-corrected chi connectivity index (χ3v) is 3.55. The largest absolute Gasteiger partial charge is 0.465 e. The molecule has 0 spiro atoms.